The van der Waals surface area contributed by atoms with Gasteiger partial charge in [-0.15, -0.1) is 0 Å². The Morgan fingerprint density at radius 3 is 2.09 bits per heavy atom. The van der Waals surface area contributed by atoms with Crippen LogP contribution < -0.4 is 5.56 Å². The summed E-state index contributed by atoms with van der Waals surface area (Å²) in [4.78, 5) is 30.2. The lowest BCUT2D eigenvalue weighted by Gasteiger charge is -2.35. The third-order valence-electron chi connectivity index (χ3n) is 6.24. The van der Waals surface area contributed by atoms with E-state index in [0.29, 0.717) is 24.3 Å². The summed E-state index contributed by atoms with van der Waals surface area (Å²) in [6, 6.07) is 19.8. The van der Waals surface area contributed by atoms with Gasteiger partial charge in [0.1, 0.15) is 11.4 Å². The summed E-state index contributed by atoms with van der Waals surface area (Å²) in [5.74, 6) is -0.184. The van der Waals surface area contributed by atoms with Crippen LogP contribution in [0.4, 0.5) is 0 Å². The number of aryl methyl sites for hydroxylation is 2. The molecule has 178 valence electrons. The molecule has 3 aromatic rings. The highest BCUT2D eigenvalue weighted by Crippen LogP contribution is 2.21. The predicted molar refractivity (Wildman–Crippen MR) is 130 cm³/mol. The Hall–Kier alpha value is -3.23. The van der Waals surface area contributed by atoms with E-state index in [4.69, 9.17) is 0 Å². The zero-order chi connectivity index (χ0) is 24.3. The molecular formula is C26H29N3O4S. The Morgan fingerprint density at radius 1 is 0.882 bits per heavy atom. The number of carbonyl (C=O) groups is 1. The zero-order valence-electron chi connectivity index (χ0n) is 19.5. The number of nitrogens with zero attached hydrogens (tertiary/aromatic N) is 3. The lowest BCUT2D eigenvalue weighted by atomic mass is 10.2. The molecule has 0 bridgehead atoms. The van der Waals surface area contributed by atoms with Crippen molar-refractivity contribution in [2.75, 3.05) is 26.2 Å². The molecular weight excluding hydrogens is 450 g/mol. The maximum Gasteiger partial charge on any atom is 0.270 e. The quantitative estimate of drug-likeness (QED) is 0.543. The minimum absolute atomic E-state index is 0.0615. The topological polar surface area (TPSA) is 79.7 Å². The number of carbonyl (C=O) groups excluding carboxylic acids is 1. The first-order valence-corrected chi connectivity index (χ1v) is 12.8. The molecule has 2 heterocycles. The Kier molecular flexibility index (Phi) is 7.00. The molecule has 0 aliphatic carbocycles. The van der Waals surface area contributed by atoms with Gasteiger partial charge in [-0.3, -0.25) is 14.5 Å². The van der Waals surface area contributed by atoms with Crippen molar-refractivity contribution >= 4 is 15.7 Å². The van der Waals surface area contributed by atoms with Crippen LogP contribution in [0.1, 0.15) is 16.8 Å². The van der Waals surface area contributed by atoms with E-state index in [1.54, 1.807) is 43.0 Å². The van der Waals surface area contributed by atoms with Gasteiger partial charge < -0.3 is 9.47 Å². The maximum atomic E-state index is 13.3. The highest BCUT2D eigenvalue weighted by Gasteiger charge is 2.27. The minimum atomic E-state index is -4.00. The molecule has 0 radical (unpaired) electrons. The van der Waals surface area contributed by atoms with E-state index in [2.05, 4.69) is 17.0 Å². The monoisotopic (exact) mass is 479 g/mol. The molecule has 2 aromatic carbocycles. The van der Waals surface area contributed by atoms with E-state index >= 15 is 0 Å². The molecule has 1 saturated heterocycles. The van der Waals surface area contributed by atoms with Gasteiger partial charge in [-0.1, -0.05) is 48.5 Å². The van der Waals surface area contributed by atoms with Gasteiger partial charge in [0.05, 0.1) is 4.90 Å². The third-order valence-corrected chi connectivity index (χ3v) is 8.17. The molecule has 1 aromatic heterocycles. The van der Waals surface area contributed by atoms with Crippen molar-refractivity contribution in [3.63, 3.8) is 0 Å². The van der Waals surface area contributed by atoms with Crippen LogP contribution in [0.2, 0.25) is 0 Å². The van der Waals surface area contributed by atoms with Crippen LogP contribution in [-0.4, -0.2) is 54.9 Å². The zero-order valence-corrected chi connectivity index (χ0v) is 20.3. The normalized spacial score (nSPS) is 14.8. The van der Waals surface area contributed by atoms with E-state index in [-0.39, 0.29) is 22.2 Å². The van der Waals surface area contributed by atoms with E-state index in [0.717, 1.165) is 19.6 Å². The Balaban J connectivity index is 1.50. The first kappa shape index (κ1) is 23.9. The summed E-state index contributed by atoms with van der Waals surface area (Å²) in [6.07, 6.45) is 0. The summed E-state index contributed by atoms with van der Waals surface area (Å²) in [5, 5.41) is 0. The van der Waals surface area contributed by atoms with Gasteiger partial charge in [0, 0.05) is 38.4 Å². The molecule has 0 N–H and O–H groups in total. The number of benzene rings is 2. The van der Waals surface area contributed by atoms with Crippen molar-refractivity contribution in [1.29, 1.82) is 0 Å². The van der Waals surface area contributed by atoms with E-state index in [1.165, 1.54) is 22.3 Å². The second-order valence-corrected chi connectivity index (χ2v) is 10.5. The number of hydrogen-bond donors (Lipinski definition) is 0. The number of rotatable bonds is 6. The van der Waals surface area contributed by atoms with Crippen LogP contribution >= 0.6 is 0 Å². The smallest absolute Gasteiger partial charge is 0.270 e. The molecule has 1 aliphatic heterocycles. The number of piperazine rings is 1. The highest BCUT2D eigenvalue weighted by atomic mass is 32.2. The van der Waals surface area contributed by atoms with Gasteiger partial charge in [-0.05, 0) is 43.2 Å². The fourth-order valence-electron chi connectivity index (χ4n) is 4.38. The number of pyridine rings is 1. The summed E-state index contributed by atoms with van der Waals surface area (Å²) >= 11 is 0. The molecule has 1 fully saturated rings. The van der Waals surface area contributed by atoms with E-state index < -0.39 is 15.4 Å². The standard InChI is InChI=1S/C26H29N3O4S/c1-20-17-21(2)29(26(31)25(20)34(32,33)23-11-7-4-8-12-23)19-24(30)28-15-13-27(14-16-28)18-22-9-5-3-6-10-22/h3-12,17H,13-16,18-19H2,1-2H3. The highest BCUT2D eigenvalue weighted by molar-refractivity contribution is 7.91. The fraction of sp³-hybridized carbons (Fsp3) is 0.308. The van der Waals surface area contributed by atoms with Crippen LogP contribution in [0.3, 0.4) is 0 Å². The van der Waals surface area contributed by atoms with Crippen LogP contribution in [0.5, 0.6) is 0 Å². The molecule has 0 unspecified atom stereocenters. The second kappa shape index (κ2) is 9.95. The SMILES string of the molecule is Cc1cc(C)n(CC(=O)N2CCN(Cc3ccccc3)CC2)c(=O)c1S(=O)(=O)c1ccccc1. The van der Waals surface area contributed by atoms with Gasteiger partial charge in [0.25, 0.3) is 5.56 Å². The molecule has 0 atom stereocenters. The first-order valence-electron chi connectivity index (χ1n) is 11.3. The van der Waals surface area contributed by atoms with E-state index in [9.17, 15) is 18.0 Å². The molecule has 0 spiro atoms. The van der Waals surface area contributed by atoms with Crippen molar-refractivity contribution in [3.05, 3.63) is 93.9 Å². The van der Waals surface area contributed by atoms with Crippen molar-refractivity contribution in [1.82, 2.24) is 14.4 Å². The second-order valence-electron chi connectivity index (χ2n) is 8.65. The third kappa shape index (κ3) is 4.98. The Labute approximate surface area is 200 Å². The number of aromatic nitrogens is 1. The van der Waals surface area contributed by atoms with Crippen LogP contribution in [0, 0.1) is 13.8 Å². The van der Waals surface area contributed by atoms with Crippen molar-refractivity contribution in [2.45, 2.75) is 36.7 Å². The lowest BCUT2D eigenvalue weighted by molar-refractivity contribution is -0.133. The number of sulfone groups is 1. The lowest BCUT2D eigenvalue weighted by Crippen LogP contribution is -2.49. The molecule has 1 amide bonds. The molecule has 0 saturated carbocycles. The largest absolute Gasteiger partial charge is 0.339 e. The van der Waals surface area contributed by atoms with Crippen molar-refractivity contribution < 1.29 is 13.2 Å². The van der Waals surface area contributed by atoms with Gasteiger partial charge in [0.2, 0.25) is 15.7 Å². The first-order chi connectivity index (χ1) is 16.3. The van der Waals surface area contributed by atoms with Gasteiger partial charge >= 0.3 is 0 Å². The van der Waals surface area contributed by atoms with Crippen molar-refractivity contribution in [2.24, 2.45) is 0 Å². The number of amides is 1. The average molecular weight is 480 g/mol. The van der Waals surface area contributed by atoms with Crippen LogP contribution in [0.15, 0.2) is 81.3 Å². The Morgan fingerprint density at radius 2 is 1.47 bits per heavy atom. The van der Waals surface area contributed by atoms with Crippen LogP contribution in [-0.2, 0) is 27.7 Å². The summed E-state index contributed by atoms with van der Waals surface area (Å²) in [6.45, 7) is 6.62. The van der Waals surface area contributed by atoms with Gasteiger partial charge in [-0.2, -0.15) is 0 Å². The molecule has 1 aliphatic rings. The minimum Gasteiger partial charge on any atom is -0.339 e. The molecule has 7 nitrogen and oxygen atoms in total. The van der Waals surface area contributed by atoms with Crippen molar-refractivity contribution in [3.8, 4) is 0 Å². The molecule has 34 heavy (non-hydrogen) atoms. The Bertz CT molecular complexity index is 1330. The summed E-state index contributed by atoms with van der Waals surface area (Å²) in [5.41, 5.74) is 1.52. The van der Waals surface area contributed by atoms with E-state index in [1.807, 2.05) is 18.2 Å². The van der Waals surface area contributed by atoms with Gasteiger partial charge in [0.15, 0.2) is 0 Å². The summed E-state index contributed by atoms with van der Waals surface area (Å²) < 4.78 is 27.7. The average Bonchev–Trinajstić information content (AvgIpc) is 2.83. The van der Waals surface area contributed by atoms with Gasteiger partial charge in [-0.25, -0.2) is 8.42 Å². The molecule has 4 rings (SSSR count). The predicted octanol–water partition coefficient (Wildman–Crippen LogP) is 2.64. The summed E-state index contributed by atoms with van der Waals surface area (Å²) in [7, 11) is -4.00. The fourth-order valence-corrected chi connectivity index (χ4v) is 5.96. The molecule has 8 heteroatoms. The maximum absolute atomic E-state index is 13.3. The van der Waals surface area contributed by atoms with Crippen LogP contribution in [0.25, 0.3) is 0 Å². The number of hydrogen-bond acceptors (Lipinski definition) is 5.